The highest BCUT2D eigenvalue weighted by atomic mass is 79.9. The van der Waals surface area contributed by atoms with Crippen LogP contribution >= 0.6 is 15.9 Å². The number of nitrogen functional groups attached to an aromatic ring is 1. The monoisotopic (exact) mass is 287 g/mol. The van der Waals surface area contributed by atoms with Crippen molar-refractivity contribution in [2.45, 2.75) is 26.4 Å². The molecule has 1 rings (SSSR count). The molecule has 0 bridgehead atoms. The second-order valence-electron chi connectivity index (χ2n) is 4.47. The van der Waals surface area contributed by atoms with E-state index in [9.17, 15) is 0 Å². The lowest BCUT2D eigenvalue weighted by atomic mass is 10.2. The van der Waals surface area contributed by atoms with Crippen molar-refractivity contribution in [3.8, 4) is 5.75 Å². The van der Waals surface area contributed by atoms with Gasteiger partial charge >= 0.3 is 0 Å². The topological polar surface area (TPSA) is 44.5 Å². The van der Waals surface area contributed by atoms with Crippen molar-refractivity contribution in [1.29, 1.82) is 0 Å². The van der Waals surface area contributed by atoms with Crippen LogP contribution in [0.15, 0.2) is 22.7 Å². The van der Waals surface area contributed by atoms with E-state index in [2.05, 4.69) is 15.9 Å². The zero-order valence-corrected chi connectivity index (χ0v) is 11.5. The predicted octanol–water partition coefficient (Wildman–Crippen LogP) is 3.23. The van der Waals surface area contributed by atoms with E-state index in [1.165, 1.54) is 0 Å². The van der Waals surface area contributed by atoms with Gasteiger partial charge in [0, 0.05) is 5.69 Å². The Hall–Kier alpha value is -0.740. The van der Waals surface area contributed by atoms with Crippen molar-refractivity contribution in [2.75, 3.05) is 18.9 Å². The SMILES string of the molecule is CC(C)(C)OCCOc1cccc(N)c1Br. The quantitative estimate of drug-likeness (QED) is 0.683. The van der Waals surface area contributed by atoms with E-state index in [-0.39, 0.29) is 5.60 Å². The fraction of sp³-hybridized carbons (Fsp3) is 0.500. The minimum absolute atomic E-state index is 0.129. The number of anilines is 1. The molecular weight excluding hydrogens is 270 g/mol. The molecule has 1 aromatic rings. The third kappa shape index (κ3) is 4.41. The molecular formula is C12H18BrNO2. The second-order valence-corrected chi connectivity index (χ2v) is 5.26. The van der Waals surface area contributed by atoms with Crippen LogP contribution in [0.25, 0.3) is 0 Å². The Morgan fingerprint density at radius 2 is 1.94 bits per heavy atom. The maximum Gasteiger partial charge on any atom is 0.135 e. The second kappa shape index (κ2) is 5.55. The van der Waals surface area contributed by atoms with Crippen LogP contribution in [0.1, 0.15) is 20.8 Å². The summed E-state index contributed by atoms with van der Waals surface area (Å²) < 4.78 is 11.9. The maximum atomic E-state index is 5.74. The highest BCUT2D eigenvalue weighted by Crippen LogP contribution is 2.30. The van der Waals surface area contributed by atoms with E-state index in [1.807, 2.05) is 39.0 Å². The minimum atomic E-state index is -0.129. The molecule has 16 heavy (non-hydrogen) atoms. The smallest absolute Gasteiger partial charge is 0.135 e. The summed E-state index contributed by atoms with van der Waals surface area (Å²) in [6.07, 6.45) is 0. The number of benzene rings is 1. The number of ether oxygens (including phenoxy) is 2. The Kier molecular flexibility index (Phi) is 4.62. The van der Waals surface area contributed by atoms with Gasteiger partial charge in [-0.2, -0.15) is 0 Å². The third-order valence-corrected chi connectivity index (χ3v) is 2.72. The molecule has 0 saturated heterocycles. The molecule has 0 saturated carbocycles. The van der Waals surface area contributed by atoms with Gasteiger partial charge in [0.2, 0.25) is 0 Å². The van der Waals surface area contributed by atoms with Crippen molar-refractivity contribution in [3.63, 3.8) is 0 Å². The van der Waals surface area contributed by atoms with Gasteiger partial charge < -0.3 is 15.2 Å². The molecule has 0 unspecified atom stereocenters. The number of nitrogens with two attached hydrogens (primary N) is 1. The average Bonchev–Trinajstić information content (AvgIpc) is 2.17. The Labute approximate surface area is 105 Å². The molecule has 0 aliphatic heterocycles. The summed E-state index contributed by atoms with van der Waals surface area (Å²) in [5.41, 5.74) is 6.28. The Bertz CT molecular complexity index is 347. The van der Waals surface area contributed by atoms with E-state index in [4.69, 9.17) is 15.2 Å². The summed E-state index contributed by atoms with van der Waals surface area (Å²) in [6, 6.07) is 5.56. The van der Waals surface area contributed by atoms with E-state index in [1.54, 1.807) is 0 Å². The molecule has 90 valence electrons. The zero-order chi connectivity index (χ0) is 12.2. The Balaban J connectivity index is 2.41. The van der Waals surface area contributed by atoms with Gasteiger partial charge in [-0.3, -0.25) is 0 Å². The first-order chi connectivity index (χ1) is 7.40. The molecule has 4 heteroatoms. The lowest BCUT2D eigenvalue weighted by Gasteiger charge is -2.19. The van der Waals surface area contributed by atoms with Crippen LogP contribution in [-0.4, -0.2) is 18.8 Å². The Morgan fingerprint density at radius 3 is 2.56 bits per heavy atom. The lowest BCUT2D eigenvalue weighted by Crippen LogP contribution is -2.22. The van der Waals surface area contributed by atoms with Crippen molar-refractivity contribution in [3.05, 3.63) is 22.7 Å². The van der Waals surface area contributed by atoms with Gasteiger partial charge in [0.1, 0.15) is 12.4 Å². The number of hydrogen-bond acceptors (Lipinski definition) is 3. The van der Waals surface area contributed by atoms with Gasteiger partial charge in [0.05, 0.1) is 16.7 Å². The zero-order valence-electron chi connectivity index (χ0n) is 9.92. The molecule has 0 amide bonds. The summed E-state index contributed by atoms with van der Waals surface area (Å²) in [6.45, 7) is 7.13. The number of rotatable bonds is 4. The molecule has 0 aliphatic rings. The van der Waals surface area contributed by atoms with Crippen LogP contribution in [0.4, 0.5) is 5.69 Å². The van der Waals surface area contributed by atoms with Crippen LogP contribution in [0, 0.1) is 0 Å². The highest BCUT2D eigenvalue weighted by molar-refractivity contribution is 9.10. The van der Waals surface area contributed by atoms with Crippen LogP contribution in [0.3, 0.4) is 0 Å². The third-order valence-electron chi connectivity index (χ3n) is 1.87. The molecule has 0 radical (unpaired) electrons. The van der Waals surface area contributed by atoms with Crippen molar-refractivity contribution >= 4 is 21.6 Å². The van der Waals surface area contributed by atoms with E-state index in [0.717, 1.165) is 10.2 Å². The normalized spacial score (nSPS) is 11.5. The largest absolute Gasteiger partial charge is 0.490 e. The number of halogens is 1. The van der Waals surface area contributed by atoms with Crippen molar-refractivity contribution < 1.29 is 9.47 Å². The Morgan fingerprint density at radius 1 is 1.25 bits per heavy atom. The molecule has 2 N–H and O–H groups in total. The summed E-state index contributed by atoms with van der Waals surface area (Å²) in [4.78, 5) is 0. The first-order valence-corrected chi connectivity index (χ1v) is 6.00. The lowest BCUT2D eigenvalue weighted by molar-refractivity contribution is -0.0163. The molecule has 0 aliphatic carbocycles. The summed E-state index contributed by atoms with van der Waals surface area (Å²) in [7, 11) is 0. The van der Waals surface area contributed by atoms with Crippen molar-refractivity contribution in [1.82, 2.24) is 0 Å². The van der Waals surface area contributed by atoms with Crippen molar-refractivity contribution in [2.24, 2.45) is 0 Å². The van der Waals surface area contributed by atoms with Gasteiger partial charge in [0.15, 0.2) is 0 Å². The van der Waals surface area contributed by atoms with Crippen LogP contribution in [0.5, 0.6) is 5.75 Å². The molecule has 0 heterocycles. The van der Waals surface area contributed by atoms with Gasteiger partial charge in [-0.05, 0) is 48.8 Å². The predicted molar refractivity (Wildman–Crippen MR) is 69.8 cm³/mol. The molecule has 0 fully saturated rings. The summed E-state index contributed by atoms with van der Waals surface area (Å²) in [5.74, 6) is 0.748. The van der Waals surface area contributed by atoms with Crippen LogP contribution in [0.2, 0.25) is 0 Å². The van der Waals surface area contributed by atoms with E-state index in [0.29, 0.717) is 18.9 Å². The molecule has 0 aromatic heterocycles. The molecule has 0 atom stereocenters. The standard InChI is InChI=1S/C12H18BrNO2/c1-12(2,3)16-8-7-15-10-6-4-5-9(14)11(10)13/h4-6H,7-8,14H2,1-3H3. The fourth-order valence-electron chi connectivity index (χ4n) is 1.14. The number of hydrogen-bond donors (Lipinski definition) is 1. The van der Waals surface area contributed by atoms with Crippen LogP contribution in [-0.2, 0) is 4.74 Å². The van der Waals surface area contributed by atoms with Gasteiger partial charge in [-0.25, -0.2) is 0 Å². The molecule has 0 spiro atoms. The average molecular weight is 288 g/mol. The van der Waals surface area contributed by atoms with E-state index < -0.39 is 0 Å². The molecule has 3 nitrogen and oxygen atoms in total. The summed E-state index contributed by atoms with van der Waals surface area (Å²) in [5, 5.41) is 0. The fourth-order valence-corrected chi connectivity index (χ4v) is 1.52. The van der Waals surface area contributed by atoms with Gasteiger partial charge in [-0.15, -0.1) is 0 Å². The van der Waals surface area contributed by atoms with Gasteiger partial charge in [-0.1, -0.05) is 6.07 Å². The first-order valence-electron chi connectivity index (χ1n) is 5.21. The molecule has 1 aromatic carbocycles. The summed E-state index contributed by atoms with van der Waals surface area (Å²) >= 11 is 3.38. The maximum absolute atomic E-state index is 5.74. The van der Waals surface area contributed by atoms with Gasteiger partial charge in [0.25, 0.3) is 0 Å². The first kappa shape index (κ1) is 13.3. The van der Waals surface area contributed by atoms with Crippen LogP contribution < -0.4 is 10.5 Å². The highest BCUT2D eigenvalue weighted by Gasteiger charge is 2.10. The minimum Gasteiger partial charge on any atom is -0.490 e. The van der Waals surface area contributed by atoms with E-state index >= 15 is 0 Å².